The Bertz CT molecular complexity index is 850. The number of methoxy groups -OCH3 is 4. The van der Waals surface area contributed by atoms with Crippen LogP contribution in [0.3, 0.4) is 0 Å². The Labute approximate surface area is 163 Å². The smallest absolute Gasteiger partial charge is 0.342 e. The second-order valence-corrected chi connectivity index (χ2v) is 5.62. The van der Waals surface area contributed by atoms with Crippen molar-refractivity contribution in [3.05, 3.63) is 42.0 Å². The van der Waals surface area contributed by atoms with Crippen LogP contribution in [0.5, 0.6) is 23.0 Å². The number of esters is 1. The third-order valence-electron chi connectivity index (χ3n) is 3.94. The standard InChI is InChI=1S/C20H23NO7/c1-12(19(22)21-14-8-6-7-9-15(14)24-2)28-20(23)13-10-11-16(25-3)18(27-5)17(13)26-4/h6-12H,1-5H3,(H,21,22)/t12-/m0/s1. The van der Waals surface area contributed by atoms with Crippen LogP contribution in [0.15, 0.2) is 36.4 Å². The van der Waals surface area contributed by atoms with E-state index >= 15 is 0 Å². The average Bonchev–Trinajstić information content (AvgIpc) is 2.72. The first-order chi connectivity index (χ1) is 13.5. The molecule has 0 unspecified atom stereocenters. The summed E-state index contributed by atoms with van der Waals surface area (Å²) in [6.07, 6.45) is -1.06. The summed E-state index contributed by atoms with van der Waals surface area (Å²) in [5, 5.41) is 2.67. The van der Waals surface area contributed by atoms with Gasteiger partial charge in [-0.15, -0.1) is 0 Å². The summed E-state index contributed by atoms with van der Waals surface area (Å²) in [5.41, 5.74) is 0.582. The number of anilines is 1. The molecule has 0 saturated heterocycles. The van der Waals surface area contributed by atoms with E-state index in [1.165, 1.54) is 41.4 Å². The molecular weight excluding hydrogens is 366 g/mol. The molecule has 0 aliphatic heterocycles. The molecule has 0 aliphatic rings. The van der Waals surface area contributed by atoms with Crippen molar-refractivity contribution in [2.45, 2.75) is 13.0 Å². The number of hydrogen-bond acceptors (Lipinski definition) is 7. The predicted molar refractivity (Wildman–Crippen MR) is 103 cm³/mol. The highest BCUT2D eigenvalue weighted by Crippen LogP contribution is 2.40. The summed E-state index contributed by atoms with van der Waals surface area (Å²) >= 11 is 0. The molecule has 28 heavy (non-hydrogen) atoms. The van der Waals surface area contributed by atoms with E-state index in [1.807, 2.05) is 0 Å². The molecule has 2 aromatic rings. The van der Waals surface area contributed by atoms with Crippen LogP contribution < -0.4 is 24.3 Å². The van der Waals surface area contributed by atoms with Crippen LogP contribution in [-0.2, 0) is 9.53 Å². The summed E-state index contributed by atoms with van der Waals surface area (Å²) < 4.78 is 26.2. The molecule has 0 aromatic heterocycles. The molecule has 0 aliphatic carbocycles. The van der Waals surface area contributed by atoms with Gasteiger partial charge in [-0.25, -0.2) is 4.79 Å². The van der Waals surface area contributed by atoms with Gasteiger partial charge >= 0.3 is 5.97 Å². The number of benzene rings is 2. The minimum atomic E-state index is -1.06. The molecule has 0 spiro atoms. The van der Waals surface area contributed by atoms with Crippen molar-refractivity contribution in [3.8, 4) is 23.0 Å². The van der Waals surface area contributed by atoms with Gasteiger partial charge in [0.25, 0.3) is 5.91 Å². The highest BCUT2D eigenvalue weighted by molar-refractivity contribution is 5.99. The van der Waals surface area contributed by atoms with Crippen molar-refractivity contribution in [3.63, 3.8) is 0 Å². The van der Waals surface area contributed by atoms with Gasteiger partial charge < -0.3 is 29.0 Å². The first-order valence-corrected chi connectivity index (χ1v) is 8.40. The van der Waals surface area contributed by atoms with E-state index in [2.05, 4.69) is 5.32 Å². The molecule has 0 radical (unpaired) electrons. The van der Waals surface area contributed by atoms with E-state index in [0.29, 0.717) is 17.2 Å². The number of carbonyl (C=O) groups excluding carboxylic acids is 2. The second kappa shape index (κ2) is 9.50. The van der Waals surface area contributed by atoms with Crippen molar-refractivity contribution in [1.82, 2.24) is 0 Å². The van der Waals surface area contributed by atoms with Gasteiger partial charge in [0.05, 0.1) is 34.1 Å². The lowest BCUT2D eigenvalue weighted by Gasteiger charge is -2.17. The molecule has 1 N–H and O–H groups in total. The Hall–Kier alpha value is -3.42. The Kier molecular flexibility index (Phi) is 7.08. The van der Waals surface area contributed by atoms with Gasteiger partial charge in [0, 0.05) is 0 Å². The largest absolute Gasteiger partial charge is 0.495 e. The summed E-state index contributed by atoms with van der Waals surface area (Å²) in [7, 11) is 5.79. The maximum Gasteiger partial charge on any atom is 0.342 e. The molecule has 1 amide bonds. The molecule has 0 bridgehead atoms. The number of para-hydroxylation sites is 2. The van der Waals surface area contributed by atoms with Crippen LogP contribution in [-0.4, -0.2) is 46.4 Å². The van der Waals surface area contributed by atoms with Crippen molar-refractivity contribution in [1.29, 1.82) is 0 Å². The molecule has 0 heterocycles. The SMILES string of the molecule is COc1ccccc1NC(=O)[C@H](C)OC(=O)c1ccc(OC)c(OC)c1OC. The minimum absolute atomic E-state index is 0.108. The monoisotopic (exact) mass is 389 g/mol. The van der Waals surface area contributed by atoms with Crippen molar-refractivity contribution in [2.75, 3.05) is 33.8 Å². The lowest BCUT2D eigenvalue weighted by molar-refractivity contribution is -0.123. The number of amides is 1. The maximum atomic E-state index is 12.6. The topological polar surface area (TPSA) is 92.3 Å². The Morgan fingerprint density at radius 1 is 0.821 bits per heavy atom. The lowest BCUT2D eigenvalue weighted by Crippen LogP contribution is -2.30. The first-order valence-electron chi connectivity index (χ1n) is 8.40. The zero-order valence-corrected chi connectivity index (χ0v) is 16.4. The predicted octanol–water partition coefficient (Wildman–Crippen LogP) is 2.91. The highest BCUT2D eigenvalue weighted by atomic mass is 16.6. The van der Waals surface area contributed by atoms with E-state index in [-0.39, 0.29) is 17.1 Å². The number of carbonyl (C=O) groups is 2. The van der Waals surface area contributed by atoms with Crippen LogP contribution in [0.25, 0.3) is 0 Å². The molecule has 1 atom stereocenters. The number of ether oxygens (including phenoxy) is 5. The minimum Gasteiger partial charge on any atom is -0.495 e. The maximum absolute atomic E-state index is 12.6. The van der Waals surface area contributed by atoms with Gasteiger partial charge in [-0.05, 0) is 31.2 Å². The molecular formula is C20H23NO7. The van der Waals surface area contributed by atoms with E-state index in [1.54, 1.807) is 30.3 Å². The van der Waals surface area contributed by atoms with Crippen molar-refractivity contribution < 1.29 is 33.3 Å². The van der Waals surface area contributed by atoms with Crippen LogP contribution in [0.4, 0.5) is 5.69 Å². The normalized spacial score (nSPS) is 11.2. The molecule has 150 valence electrons. The molecule has 8 nitrogen and oxygen atoms in total. The van der Waals surface area contributed by atoms with Crippen molar-refractivity contribution >= 4 is 17.6 Å². The summed E-state index contributed by atoms with van der Waals surface area (Å²) in [5.74, 6) is 0.0707. The molecule has 8 heteroatoms. The third-order valence-corrected chi connectivity index (χ3v) is 3.94. The van der Waals surface area contributed by atoms with Crippen LogP contribution in [0.1, 0.15) is 17.3 Å². The van der Waals surface area contributed by atoms with Crippen molar-refractivity contribution in [2.24, 2.45) is 0 Å². The van der Waals surface area contributed by atoms with Gasteiger partial charge in [-0.2, -0.15) is 0 Å². The van der Waals surface area contributed by atoms with Gasteiger partial charge in [0.15, 0.2) is 17.6 Å². The lowest BCUT2D eigenvalue weighted by atomic mass is 10.1. The Morgan fingerprint density at radius 3 is 2.07 bits per heavy atom. The van der Waals surface area contributed by atoms with E-state index in [9.17, 15) is 9.59 Å². The molecule has 0 fully saturated rings. The zero-order chi connectivity index (χ0) is 20.7. The Balaban J connectivity index is 2.17. The summed E-state index contributed by atoms with van der Waals surface area (Å²) in [6, 6.07) is 9.96. The van der Waals surface area contributed by atoms with Gasteiger partial charge in [-0.1, -0.05) is 12.1 Å². The fraction of sp³-hybridized carbons (Fsp3) is 0.300. The fourth-order valence-electron chi connectivity index (χ4n) is 2.52. The summed E-state index contributed by atoms with van der Waals surface area (Å²) in [4.78, 5) is 25.0. The van der Waals surface area contributed by atoms with Crippen LogP contribution >= 0.6 is 0 Å². The third kappa shape index (κ3) is 4.46. The average molecular weight is 389 g/mol. The Morgan fingerprint density at radius 2 is 1.46 bits per heavy atom. The molecule has 0 saturated carbocycles. The molecule has 2 aromatic carbocycles. The van der Waals surface area contributed by atoms with Crippen LogP contribution in [0, 0.1) is 0 Å². The molecule has 2 rings (SSSR count). The zero-order valence-electron chi connectivity index (χ0n) is 16.4. The van der Waals surface area contributed by atoms with Gasteiger partial charge in [0.1, 0.15) is 11.3 Å². The fourth-order valence-corrected chi connectivity index (χ4v) is 2.52. The van der Waals surface area contributed by atoms with E-state index in [4.69, 9.17) is 23.7 Å². The summed E-state index contributed by atoms with van der Waals surface area (Å²) in [6.45, 7) is 1.47. The highest BCUT2D eigenvalue weighted by Gasteiger charge is 2.25. The van der Waals surface area contributed by atoms with E-state index < -0.39 is 18.0 Å². The number of rotatable bonds is 8. The quantitative estimate of drug-likeness (QED) is 0.694. The van der Waals surface area contributed by atoms with Crippen LogP contribution in [0.2, 0.25) is 0 Å². The first kappa shape index (κ1) is 20.9. The number of hydrogen-bond donors (Lipinski definition) is 1. The van der Waals surface area contributed by atoms with E-state index in [0.717, 1.165) is 0 Å². The second-order valence-electron chi connectivity index (χ2n) is 5.62. The number of nitrogens with one attached hydrogen (secondary N) is 1. The van der Waals surface area contributed by atoms with Gasteiger partial charge in [-0.3, -0.25) is 4.79 Å². The van der Waals surface area contributed by atoms with Gasteiger partial charge in [0.2, 0.25) is 5.75 Å².